The van der Waals surface area contributed by atoms with Gasteiger partial charge >= 0.3 is 0 Å². The summed E-state index contributed by atoms with van der Waals surface area (Å²) >= 11 is 7.15. The molecule has 0 saturated heterocycles. The normalized spacial score (nSPS) is 10.1. The van der Waals surface area contributed by atoms with Crippen molar-refractivity contribution in [1.82, 2.24) is 5.32 Å². The molecule has 2 nitrogen and oxygen atoms in total. The van der Waals surface area contributed by atoms with E-state index >= 15 is 0 Å². The molecule has 0 aliphatic heterocycles. The van der Waals surface area contributed by atoms with Crippen molar-refractivity contribution < 1.29 is 0 Å². The van der Waals surface area contributed by atoms with Crippen LogP contribution in [-0.4, -0.2) is 17.4 Å². The zero-order valence-corrected chi connectivity index (χ0v) is 13.8. The molecular weight excluding hydrogens is 296 g/mol. The van der Waals surface area contributed by atoms with Crippen molar-refractivity contribution in [3.8, 4) is 0 Å². The van der Waals surface area contributed by atoms with Crippen LogP contribution in [0, 0.1) is 6.92 Å². The third-order valence-electron chi connectivity index (χ3n) is 2.93. The van der Waals surface area contributed by atoms with Crippen molar-refractivity contribution in [1.29, 1.82) is 0 Å². The van der Waals surface area contributed by atoms with E-state index in [-0.39, 0.29) is 0 Å². The minimum Gasteiger partial charge on any atom is -0.362 e. The lowest BCUT2D eigenvalue weighted by molar-refractivity contribution is 0.854. The highest BCUT2D eigenvalue weighted by molar-refractivity contribution is 7.99. The summed E-state index contributed by atoms with van der Waals surface area (Å²) in [5.41, 5.74) is 2.32. The number of hydrogen-bond acceptors (Lipinski definition) is 2. The number of benzene rings is 2. The molecule has 0 aromatic heterocycles. The van der Waals surface area contributed by atoms with Gasteiger partial charge in [-0.25, -0.2) is 0 Å². The molecule has 0 atom stereocenters. The highest BCUT2D eigenvalue weighted by atomic mass is 32.2. The van der Waals surface area contributed by atoms with Gasteiger partial charge in [0, 0.05) is 17.1 Å². The van der Waals surface area contributed by atoms with Crippen molar-refractivity contribution in [2.75, 3.05) is 17.6 Å². The molecule has 0 aliphatic rings. The van der Waals surface area contributed by atoms with E-state index in [1.54, 1.807) is 0 Å². The van der Waals surface area contributed by atoms with Crippen molar-refractivity contribution in [3.63, 3.8) is 0 Å². The fraction of sp³-hybridized carbons (Fsp3) is 0.235. The van der Waals surface area contributed by atoms with Gasteiger partial charge in [0.1, 0.15) is 0 Å². The number of thioether (sulfide) groups is 1. The Kier molecular flexibility index (Phi) is 6.57. The minimum atomic E-state index is 0.682. The average molecular weight is 316 g/mol. The van der Waals surface area contributed by atoms with E-state index in [0.29, 0.717) is 5.11 Å². The van der Waals surface area contributed by atoms with Crippen LogP contribution in [-0.2, 0) is 0 Å². The first-order valence-corrected chi connectivity index (χ1v) is 8.43. The molecule has 0 bridgehead atoms. The second-order valence-corrected chi connectivity index (χ2v) is 6.34. The van der Waals surface area contributed by atoms with E-state index < -0.39 is 0 Å². The van der Waals surface area contributed by atoms with Crippen molar-refractivity contribution in [2.45, 2.75) is 18.2 Å². The maximum absolute atomic E-state index is 5.26. The SMILES string of the molecule is Cc1ccc(SCCCNC(=S)Nc2ccccc2)cc1. The summed E-state index contributed by atoms with van der Waals surface area (Å²) in [6.45, 7) is 3.00. The lowest BCUT2D eigenvalue weighted by Gasteiger charge is -2.10. The Balaban J connectivity index is 1.59. The molecule has 0 amide bonds. The van der Waals surface area contributed by atoms with Crippen LogP contribution in [0.1, 0.15) is 12.0 Å². The van der Waals surface area contributed by atoms with Crippen LogP contribution in [0.2, 0.25) is 0 Å². The van der Waals surface area contributed by atoms with E-state index in [2.05, 4.69) is 41.8 Å². The first-order valence-electron chi connectivity index (χ1n) is 7.03. The second kappa shape index (κ2) is 8.70. The van der Waals surface area contributed by atoms with Gasteiger partial charge < -0.3 is 10.6 Å². The third-order valence-corrected chi connectivity index (χ3v) is 4.27. The molecule has 0 spiro atoms. The molecule has 2 aromatic carbocycles. The van der Waals surface area contributed by atoms with Crippen LogP contribution >= 0.6 is 24.0 Å². The molecule has 110 valence electrons. The molecule has 4 heteroatoms. The van der Waals surface area contributed by atoms with Gasteiger partial charge in [0.15, 0.2) is 5.11 Å². The summed E-state index contributed by atoms with van der Waals surface area (Å²) in [5.74, 6) is 1.09. The number of thiocarbonyl (C=S) groups is 1. The van der Waals surface area contributed by atoms with Crippen LogP contribution in [0.25, 0.3) is 0 Å². The predicted octanol–water partition coefficient (Wildman–Crippen LogP) is 4.46. The summed E-state index contributed by atoms with van der Waals surface area (Å²) in [7, 11) is 0. The zero-order chi connectivity index (χ0) is 14.9. The van der Waals surface area contributed by atoms with Crippen molar-refractivity contribution >= 4 is 34.8 Å². The van der Waals surface area contributed by atoms with Gasteiger partial charge in [-0.3, -0.25) is 0 Å². The molecule has 2 rings (SSSR count). The molecule has 0 unspecified atom stereocenters. The lowest BCUT2D eigenvalue weighted by atomic mass is 10.2. The predicted molar refractivity (Wildman–Crippen MR) is 97.2 cm³/mol. The standard InChI is InChI=1S/C17H20N2S2/c1-14-8-10-16(11-9-14)21-13-5-12-18-17(20)19-15-6-3-2-4-7-15/h2-4,6-11H,5,12-13H2,1H3,(H2,18,19,20). The van der Waals surface area contributed by atoms with E-state index in [1.807, 2.05) is 42.1 Å². The van der Waals surface area contributed by atoms with E-state index in [4.69, 9.17) is 12.2 Å². The molecule has 21 heavy (non-hydrogen) atoms. The first kappa shape index (κ1) is 15.9. The summed E-state index contributed by atoms with van der Waals surface area (Å²) in [6.07, 6.45) is 1.08. The molecule has 0 radical (unpaired) electrons. The Hall–Kier alpha value is -1.52. The molecule has 0 fully saturated rings. The van der Waals surface area contributed by atoms with Gasteiger partial charge in [0.2, 0.25) is 0 Å². The van der Waals surface area contributed by atoms with E-state index in [9.17, 15) is 0 Å². The molecule has 2 N–H and O–H groups in total. The summed E-state index contributed by atoms with van der Waals surface area (Å²) in [5, 5.41) is 7.09. The Morgan fingerprint density at radius 2 is 1.76 bits per heavy atom. The maximum Gasteiger partial charge on any atom is 0.170 e. The van der Waals surface area contributed by atoms with E-state index in [1.165, 1.54) is 10.5 Å². The largest absolute Gasteiger partial charge is 0.362 e. The molecule has 2 aromatic rings. The quantitative estimate of drug-likeness (QED) is 0.467. The molecular formula is C17H20N2S2. The summed E-state index contributed by atoms with van der Waals surface area (Å²) in [6, 6.07) is 18.6. The molecule has 0 aliphatic carbocycles. The topological polar surface area (TPSA) is 24.1 Å². The Morgan fingerprint density at radius 1 is 1.05 bits per heavy atom. The van der Waals surface area contributed by atoms with Gasteiger partial charge in [-0.1, -0.05) is 35.9 Å². The van der Waals surface area contributed by atoms with Crippen LogP contribution in [0.3, 0.4) is 0 Å². The molecule has 0 saturated carbocycles. The van der Waals surface area contributed by atoms with Crippen LogP contribution in [0.5, 0.6) is 0 Å². The zero-order valence-electron chi connectivity index (χ0n) is 12.1. The van der Waals surface area contributed by atoms with Gasteiger partial charge in [-0.2, -0.15) is 0 Å². The first-order chi connectivity index (χ1) is 10.2. The number of nitrogens with one attached hydrogen (secondary N) is 2. The summed E-state index contributed by atoms with van der Waals surface area (Å²) in [4.78, 5) is 1.32. The number of anilines is 1. The number of hydrogen-bond donors (Lipinski definition) is 2. The van der Waals surface area contributed by atoms with Gasteiger partial charge in [0.05, 0.1) is 0 Å². The molecule has 0 heterocycles. The van der Waals surface area contributed by atoms with Gasteiger partial charge in [0.25, 0.3) is 0 Å². The monoisotopic (exact) mass is 316 g/mol. The van der Waals surface area contributed by atoms with Crippen LogP contribution in [0.15, 0.2) is 59.5 Å². The highest BCUT2D eigenvalue weighted by Crippen LogP contribution is 2.18. The Labute approximate surface area is 136 Å². The number of para-hydroxylation sites is 1. The minimum absolute atomic E-state index is 0.682. The Bertz CT molecular complexity index is 553. The smallest absolute Gasteiger partial charge is 0.170 e. The highest BCUT2D eigenvalue weighted by Gasteiger charge is 1.97. The second-order valence-electron chi connectivity index (χ2n) is 4.76. The summed E-state index contributed by atoms with van der Waals surface area (Å²) < 4.78 is 0. The van der Waals surface area contributed by atoms with Gasteiger partial charge in [-0.05, 0) is 55.6 Å². The fourth-order valence-electron chi connectivity index (χ4n) is 1.80. The van der Waals surface area contributed by atoms with Crippen molar-refractivity contribution in [3.05, 3.63) is 60.2 Å². The van der Waals surface area contributed by atoms with Gasteiger partial charge in [-0.15, -0.1) is 11.8 Å². The number of rotatable bonds is 6. The lowest BCUT2D eigenvalue weighted by Crippen LogP contribution is -2.29. The number of aryl methyl sites for hydroxylation is 1. The third kappa shape index (κ3) is 6.19. The van der Waals surface area contributed by atoms with Crippen LogP contribution < -0.4 is 10.6 Å². The fourth-order valence-corrected chi connectivity index (χ4v) is 2.87. The van der Waals surface area contributed by atoms with Crippen molar-refractivity contribution in [2.24, 2.45) is 0 Å². The Morgan fingerprint density at radius 3 is 2.48 bits per heavy atom. The maximum atomic E-state index is 5.26. The van der Waals surface area contributed by atoms with E-state index in [0.717, 1.165) is 24.4 Å². The van der Waals surface area contributed by atoms with Crippen LogP contribution in [0.4, 0.5) is 5.69 Å². The average Bonchev–Trinajstić information content (AvgIpc) is 2.50.